The first-order valence-electron chi connectivity index (χ1n) is 6.70. The maximum atomic E-state index is 14.0. The van der Waals surface area contributed by atoms with Crippen molar-refractivity contribution in [2.24, 2.45) is 0 Å². The maximum Gasteiger partial charge on any atom is 0.260 e. The Morgan fingerprint density at radius 2 is 1.58 bits per heavy atom. The van der Waals surface area contributed by atoms with Crippen LogP contribution < -0.4 is 10.1 Å². The van der Waals surface area contributed by atoms with E-state index in [9.17, 15) is 35.2 Å². The van der Waals surface area contributed by atoms with Crippen LogP contribution in [-0.2, 0) is 9.84 Å². The van der Waals surface area contributed by atoms with Gasteiger partial charge in [0.15, 0.2) is 44.7 Å². The van der Waals surface area contributed by atoms with E-state index in [1.807, 2.05) is 5.32 Å². The number of nitrogens with one attached hydrogen (secondary N) is 1. The summed E-state index contributed by atoms with van der Waals surface area (Å²) in [7, 11) is -3.48. The average molecular weight is 395 g/mol. The molecule has 0 aromatic heterocycles. The number of halogens is 5. The summed E-state index contributed by atoms with van der Waals surface area (Å²) < 4.78 is 96.1. The highest BCUT2D eigenvalue weighted by Crippen LogP contribution is 2.29. The molecule has 0 bridgehead atoms. The van der Waals surface area contributed by atoms with Crippen molar-refractivity contribution in [1.82, 2.24) is 0 Å². The number of carbonyl (C=O) groups excluding carboxylic acids is 1. The Morgan fingerprint density at radius 3 is 2.08 bits per heavy atom. The fourth-order valence-corrected chi connectivity index (χ4v) is 3.07. The van der Waals surface area contributed by atoms with Crippen LogP contribution in [-0.4, -0.2) is 27.7 Å². The van der Waals surface area contributed by atoms with Gasteiger partial charge in [0.25, 0.3) is 5.91 Å². The maximum absolute atomic E-state index is 14.0. The first-order chi connectivity index (χ1) is 12.0. The third kappa shape index (κ3) is 3.47. The molecule has 140 valence electrons. The molecule has 5 nitrogen and oxygen atoms in total. The molecule has 1 N–H and O–H groups in total. The Hall–Kier alpha value is -2.69. The lowest BCUT2D eigenvalue weighted by molar-refractivity contribution is 0.101. The van der Waals surface area contributed by atoms with Gasteiger partial charge in [-0.2, -0.15) is 0 Å². The molecule has 0 saturated heterocycles. The van der Waals surface area contributed by atoms with Crippen molar-refractivity contribution in [1.29, 1.82) is 0 Å². The van der Waals surface area contributed by atoms with Gasteiger partial charge in [-0.15, -0.1) is 0 Å². The molecule has 0 saturated carbocycles. The summed E-state index contributed by atoms with van der Waals surface area (Å²) in [4.78, 5) is 10.5. The molecule has 2 aromatic rings. The third-order valence-electron chi connectivity index (χ3n) is 3.23. The molecule has 2 rings (SSSR count). The van der Waals surface area contributed by atoms with Crippen molar-refractivity contribution >= 4 is 21.4 Å². The monoisotopic (exact) mass is 395 g/mol. The van der Waals surface area contributed by atoms with Crippen molar-refractivity contribution in [3.05, 3.63) is 52.8 Å². The summed E-state index contributed by atoms with van der Waals surface area (Å²) in [6, 6.07) is 2.93. The van der Waals surface area contributed by atoms with Crippen molar-refractivity contribution in [2.45, 2.75) is 4.90 Å². The zero-order valence-corrected chi connectivity index (χ0v) is 14.0. The van der Waals surface area contributed by atoms with Gasteiger partial charge in [-0.05, 0) is 12.1 Å². The Labute approximate surface area is 144 Å². The number of hydrogen-bond acceptors (Lipinski definition) is 4. The van der Waals surface area contributed by atoms with Gasteiger partial charge in [0.1, 0.15) is 10.5 Å². The number of benzene rings is 2. The van der Waals surface area contributed by atoms with Gasteiger partial charge in [0.2, 0.25) is 0 Å². The van der Waals surface area contributed by atoms with E-state index < -0.39 is 55.3 Å². The number of hydrogen-bond donors (Lipinski definition) is 1. The normalized spacial score (nSPS) is 11.3. The van der Waals surface area contributed by atoms with Crippen LogP contribution in [0.25, 0.3) is 0 Å². The van der Waals surface area contributed by atoms with Crippen LogP contribution in [0.15, 0.2) is 23.1 Å². The Balaban J connectivity index is 2.61. The second-order valence-electron chi connectivity index (χ2n) is 5.04. The highest BCUT2D eigenvalue weighted by molar-refractivity contribution is 7.90. The van der Waals surface area contributed by atoms with Crippen LogP contribution in [0.2, 0.25) is 0 Å². The summed E-state index contributed by atoms with van der Waals surface area (Å²) in [6.07, 6.45) is 0.381. The Kier molecular flexibility index (Phi) is 5.21. The standard InChI is InChI=1S/C15H10F5NO4S/c1-25-8-4-3-6(5-7(8)16)21-15(22)9-10(17)11(18)12(19)13(20)14(9)26(2,23)24/h3-5H,1-2H3,(H,21,22). The zero-order chi connectivity index (χ0) is 19.8. The SMILES string of the molecule is COc1ccc(NC(=O)c2c(F)c(F)c(F)c(F)c2S(C)(=O)=O)cc1F. The molecule has 2 aromatic carbocycles. The molecule has 0 heterocycles. The molecule has 0 unspecified atom stereocenters. The molecule has 11 heteroatoms. The number of anilines is 1. The molecule has 0 atom stereocenters. The van der Waals surface area contributed by atoms with Gasteiger partial charge in [-0.25, -0.2) is 30.4 Å². The quantitative estimate of drug-likeness (QED) is 0.374. The van der Waals surface area contributed by atoms with E-state index in [0.29, 0.717) is 6.26 Å². The van der Waals surface area contributed by atoms with E-state index in [4.69, 9.17) is 0 Å². The van der Waals surface area contributed by atoms with Crippen molar-refractivity contribution in [2.75, 3.05) is 18.7 Å². The van der Waals surface area contributed by atoms with Crippen LogP contribution >= 0.6 is 0 Å². The minimum atomic E-state index is -4.66. The largest absolute Gasteiger partial charge is 0.494 e. The van der Waals surface area contributed by atoms with Crippen molar-refractivity contribution in [3.63, 3.8) is 0 Å². The topological polar surface area (TPSA) is 72.5 Å². The summed E-state index contributed by atoms with van der Waals surface area (Å²) in [6.45, 7) is 0. The molecular weight excluding hydrogens is 385 g/mol. The van der Waals surface area contributed by atoms with Gasteiger partial charge in [0, 0.05) is 18.0 Å². The summed E-state index contributed by atoms with van der Waals surface area (Å²) in [5, 5.41) is 1.88. The molecule has 1 amide bonds. The van der Waals surface area contributed by atoms with Gasteiger partial charge in [-0.1, -0.05) is 0 Å². The first kappa shape index (κ1) is 19.6. The van der Waals surface area contributed by atoms with Crippen molar-refractivity contribution in [3.8, 4) is 5.75 Å². The average Bonchev–Trinajstić information content (AvgIpc) is 2.54. The number of carbonyl (C=O) groups is 1. The Bertz CT molecular complexity index is 1010. The van der Waals surface area contributed by atoms with Crippen molar-refractivity contribution < 1.29 is 39.9 Å². The number of amides is 1. The van der Waals surface area contributed by atoms with Gasteiger partial charge >= 0.3 is 0 Å². The van der Waals surface area contributed by atoms with E-state index >= 15 is 0 Å². The van der Waals surface area contributed by atoms with E-state index in [1.165, 1.54) is 7.11 Å². The first-order valence-corrected chi connectivity index (χ1v) is 8.59. The molecule has 0 fully saturated rings. The van der Waals surface area contributed by atoms with Crippen LogP contribution in [0.5, 0.6) is 5.75 Å². The molecule has 0 radical (unpaired) electrons. The predicted octanol–water partition coefficient (Wildman–Crippen LogP) is 3.05. The minimum absolute atomic E-state index is 0.190. The Morgan fingerprint density at radius 1 is 1.00 bits per heavy atom. The van der Waals surface area contributed by atoms with E-state index in [0.717, 1.165) is 18.2 Å². The summed E-state index contributed by atoms with van der Waals surface area (Å²) in [5.41, 5.74) is -1.86. The van der Waals surface area contributed by atoms with Crippen LogP contribution in [0.4, 0.5) is 27.6 Å². The second-order valence-corrected chi connectivity index (χ2v) is 6.99. The molecule has 0 aliphatic rings. The molecular formula is C15H10F5NO4S. The molecule has 0 aliphatic carbocycles. The smallest absolute Gasteiger partial charge is 0.260 e. The summed E-state index contributed by atoms with van der Waals surface area (Å²) in [5.74, 6) is -11.9. The minimum Gasteiger partial charge on any atom is -0.494 e. The highest BCUT2D eigenvalue weighted by atomic mass is 32.2. The fourth-order valence-electron chi connectivity index (χ4n) is 2.10. The number of methoxy groups -OCH3 is 1. The van der Waals surface area contributed by atoms with Gasteiger partial charge < -0.3 is 10.1 Å². The highest BCUT2D eigenvalue weighted by Gasteiger charge is 2.34. The van der Waals surface area contributed by atoms with E-state index in [1.54, 1.807) is 0 Å². The lowest BCUT2D eigenvalue weighted by Crippen LogP contribution is -2.22. The molecule has 0 spiro atoms. The number of rotatable bonds is 4. The third-order valence-corrected chi connectivity index (χ3v) is 4.36. The molecule has 0 aliphatic heterocycles. The fraction of sp³-hybridized carbons (Fsp3) is 0.133. The summed E-state index contributed by atoms with van der Waals surface area (Å²) >= 11 is 0. The number of ether oxygens (including phenoxy) is 1. The van der Waals surface area contributed by atoms with Gasteiger partial charge in [-0.3, -0.25) is 4.79 Å². The second kappa shape index (κ2) is 6.90. The van der Waals surface area contributed by atoms with Crippen LogP contribution in [0, 0.1) is 29.1 Å². The van der Waals surface area contributed by atoms with E-state index in [2.05, 4.69) is 4.74 Å². The van der Waals surface area contributed by atoms with E-state index in [-0.39, 0.29) is 11.4 Å². The zero-order valence-electron chi connectivity index (χ0n) is 13.2. The van der Waals surface area contributed by atoms with Gasteiger partial charge in [0.05, 0.1) is 7.11 Å². The van der Waals surface area contributed by atoms with Crippen LogP contribution in [0.3, 0.4) is 0 Å². The lowest BCUT2D eigenvalue weighted by Gasteiger charge is -2.13. The lowest BCUT2D eigenvalue weighted by atomic mass is 10.1. The number of sulfone groups is 1. The molecule has 26 heavy (non-hydrogen) atoms. The predicted molar refractivity (Wildman–Crippen MR) is 80.3 cm³/mol. The van der Waals surface area contributed by atoms with Crippen LogP contribution in [0.1, 0.15) is 10.4 Å².